The molecule has 208 valence electrons. The van der Waals surface area contributed by atoms with E-state index in [1.807, 2.05) is 20.8 Å². The van der Waals surface area contributed by atoms with Crippen LogP contribution in [0.1, 0.15) is 38.1 Å². The van der Waals surface area contributed by atoms with Gasteiger partial charge in [0.1, 0.15) is 6.10 Å². The molecule has 0 saturated carbocycles. The van der Waals surface area contributed by atoms with Crippen molar-refractivity contribution in [1.29, 1.82) is 0 Å². The second-order valence-electron chi connectivity index (χ2n) is 9.85. The average molecular weight is 567 g/mol. The fourth-order valence-corrected chi connectivity index (χ4v) is 5.26. The van der Waals surface area contributed by atoms with Gasteiger partial charge in [0.15, 0.2) is 5.75 Å². The molecule has 0 saturated heterocycles. The summed E-state index contributed by atoms with van der Waals surface area (Å²) in [5, 5.41) is 13.1. The molecule has 2 aromatic rings. The van der Waals surface area contributed by atoms with Gasteiger partial charge in [-0.1, -0.05) is 24.6 Å². The number of amides is 3. The molecule has 3 rings (SSSR count). The van der Waals surface area contributed by atoms with Gasteiger partial charge in [-0.05, 0) is 57.2 Å². The van der Waals surface area contributed by atoms with Gasteiger partial charge in [0.2, 0.25) is 0 Å². The zero-order chi connectivity index (χ0) is 28.2. The number of sulfonamides is 1. The Morgan fingerprint density at radius 3 is 2.47 bits per heavy atom. The number of aliphatic hydroxyl groups excluding tert-OH is 1. The van der Waals surface area contributed by atoms with Gasteiger partial charge in [-0.2, -0.15) is 0 Å². The molecule has 3 amide bonds. The smallest absolute Gasteiger partial charge is 0.317 e. The minimum absolute atomic E-state index is 0.0118. The molecule has 3 N–H and O–H groups in total. The van der Waals surface area contributed by atoms with E-state index in [2.05, 4.69) is 10.0 Å². The first-order valence-electron chi connectivity index (χ1n) is 12.4. The van der Waals surface area contributed by atoms with Gasteiger partial charge in [0.25, 0.3) is 15.9 Å². The van der Waals surface area contributed by atoms with Crippen molar-refractivity contribution in [3.8, 4) is 5.75 Å². The molecule has 0 radical (unpaired) electrons. The summed E-state index contributed by atoms with van der Waals surface area (Å²) in [5.74, 6) is -0.610. The zero-order valence-electron chi connectivity index (χ0n) is 22.1. The van der Waals surface area contributed by atoms with E-state index in [0.717, 1.165) is 0 Å². The molecule has 3 atom stereocenters. The van der Waals surface area contributed by atoms with Crippen molar-refractivity contribution in [2.75, 3.05) is 31.5 Å². The molecule has 0 spiro atoms. The van der Waals surface area contributed by atoms with E-state index in [9.17, 15) is 23.1 Å². The summed E-state index contributed by atoms with van der Waals surface area (Å²) in [6, 6.07) is 9.47. The molecule has 0 fully saturated rings. The van der Waals surface area contributed by atoms with Crippen molar-refractivity contribution in [3.63, 3.8) is 0 Å². The van der Waals surface area contributed by atoms with Crippen molar-refractivity contribution in [1.82, 2.24) is 15.1 Å². The molecular formula is C26H35ClN4O6S. The average Bonchev–Trinajstić information content (AvgIpc) is 2.85. The first kappa shape index (κ1) is 29.5. The number of aliphatic hydroxyl groups is 1. The SMILES string of the molecule is CC(C)NC(=O)N(C)C[C@@H]1Oc2c(NS(=O)(=O)c3ccc(Cl)cc3)cccc2C(=O)N([C@@H](C)CO)C[C@@H]1C. The van der Waals surface area contributed by atoms with Crippen molar-refractivity contribution >= 4 is 39.2 Å². The monoisotopic (exact) mass is 566 g/mol. The molecule has 1 heterocycles. The molecule has 0 aliphatic carbocycles. The Bertz CT molecular complexity index is 1250. The zero-order valence-corrected chi connectivity index (χ0v) is 23.7. The van der Waals surface area contributed by atoms with Crippen LogP contribution in [0.2, 0.25) is 5.02 Å². The number of carbonyl (C=O) groups excluding carboxylic acids is 2. The van der Waals surface area contributed by atoms with Gasteiger partial charge in [0.05, 0.1) is 35.3 Å². The van der Waals surface area contributed by atoms with Crippen molar-refractivity contribution in [2.45, 2.75) is 50.8 Å². The fraction of sp³-hybridized carbons (Fsp3) is 0.462. The predicted molar refractivity (Wildman–Crippen MR) is 146 cm³/mol. The molecule has 38 heavy (non-hydrogen) atoms. The number of likely N-dealkylation sites (N-methyl/N-ethyl adjacent to an activating group) is 1. The Morgan fingerprint density at radius 2 is 1.87 bits per heavy atom. The van der Waals surface area contributed by atoms with Crippen LogP contribution in [0.3, 0.4) is 0 Å². The summed E-state index contributed by atoms with van der Waals surface area (Å²) in [6.45, 7) is 7.52. The van der Waals surface area contributed by atoms with Crippen LogP contribution >= 0.6 is 11.6 Å². The van der Waals surface area contributed by atoms with E-state index >= 15 is 0 Å². The van der Waals surface area contributed by atoms with Crippen LogP contribution in [0.25, 0.3) is 0 Å². The second kappa shape index (κ2) is 12.2. The van der Waals surface area contributed by atoms with Crippen LogP contribution in [0, 0.1) is 5.92 Å². The number of benzene rings is 2. The van der Waals surface area contributed by atoms with Gasteiger partial charge in [-0.25, -0.2) is 13.2 Å². The molecule has 10 nitrogen and oxygen atoms in total. The molecule has 1 aliphatic heterocycles. The van der Waals surface area contributed by atoms with Crippen LogP contribution in [0.5, 0.6) is 5.75 Å². The van der Waals surface area contributed by atoms with E-state index in [4.69, 9.17) is 16.3 Å². The summed E-state index contributed by atoms with van der Waals surface area (Å²) < 4.78 is 35.2. The topological polar surface area (TPSA) is 128 Å². The molecule has 12 heteroatoms. The Hall–Kier alpha value is -3.02. The molecular weight excluding hydrogens is 532 g/mol. The maximum Gasteiger partial charge on any atom is 0.317 e. The minimum Gasteiger partial charge on any atom is -0.485 e. The number of para-hydroxylation sites is 1. The van der Waals surface area contributed by atoms with E-state index in [1.54, 1.807) is 31.0 Å². The molecule has 1 aliphatic rings. The number of hydrogen-bond donors (Lipinski definition) is 3. The van der Waals surface area contributed by atoms with Crippen LogP contribution in [-0.2, 0) is 10.0 Å². The second-order valence-corrected chi connectivity index (χ2v) is 12.0. The summed E-state index contributed by atoms with van der Waals surface area (Å²) in [7, 11) is -2.40. The Morgan fingerprint density at radius 1 is 1.21 bits per heavy atom. The van der Waals surface area contributed by atoms with Gasteiger partial charge >= 0.3 is 6.03 Å². The third-order valence-corrected chi connectivity index (χ3v) is 7.91. The highest BCUT2D eigenvalue weighted by atomic mass is 35.5. The fourth-order valence-electron chi connectivity index (χ4n) is 4.07. The Labute approximate surface area is 229 Å². The highest BCUT2D eigenvalue weighted by Crippen LogP contribution is 2.36. The van der Waals surface area contributed by atoms with Gasteiger partial charge < -0.3 is 25.0 Å². The number of fused-ring (bicyclic) bond motifs is 1. The molecule has 2 aromatic carbocycles. The predicted octanol–water partition coefficient (Wildman–Crippen LogP) is 3.41. The first-order chi connectivity index (χ1) is 17.8. The number of carbonyl (C=O) groups is 2. The van der Waals surface area contributed by atoms with Crippen LogP contribution in [-0.4, -0.2) is 80.2 Å². The van der Waals surface area contributed by atoms with Crippen LogP contribution in [0.15, 0.2) is 47.4 Å². The molecule has 0 aromatic heterocycles. The highest BCUT2D eigenvalue weighted by molar-refractivity contribution is 7.92. The molecule has 0 unspecified atom stereocenters. The largest absolute Gasteiger partial charge is 0.485 e. The normalized spacial score (nSPS) is 18.6. The number of anilines is 1. The Kier molecular flexibility index (Phi) is 9.50. The number of rotatable bonds is 8. The van der Waals surface area contributed by atoms with Crippen molar-refractivity contribution in [3.05, 3.63) is 53.1 Å². The third-order valence-electron chi connectivity index (χ3n) is 6.27. The molecule has 0 bridgehead atoms. The summed E-state index contributed by atoms with van der Waals surface area (Å²) in [4.78, 5) is 29.2. The number of hydrogen-bond acceptors (Lipinski definition) is 6. The lowest BCUT2D eigenvalue weighted by Gasteiger charge is -2.38. The van der Waals surface area contributed by atoms with Gasteiger partial charge in [-0.3, -0.25) is 9.52 Å². The van der Waals surface area contributed by atoms with Crippen molar-refractivity contribution in [2.24, 2.45) is 5.92 Å². The standard InChI is InChI=1S/C26H35ClN4O6S/c1-16(2)28-26(34)30(5)14-23-17(3)13-31(18(4)15-32)25(33)21-7-6-8-22(24(21)37-23)29-38(35,36)20-11-9-19(27)10-12-20/h6-12,16-18,23,29,32H,13-15H2,1-5H3,(H,28,34)/t17-,18-,23-/m0/s1. The number of urea groups is 1. The quantitative estimate of drug-likeness (QED) is 0.449. The number of nitrogens with zero attached hydrogens (tertiary/aromatic N) is 2. The van der Waals surface area contributed by atoms with E-state index < -0.39 is 28.1 Å². The van der Waals surface area contributed by atoms with Crippen LogP contribution < -0.4 is 14.8 Å². The summed E-state index contributed by atoms with van der Waals surface area (Å²) in [5.41, 5.74) is 0.226. The lowest BCUT2D eigenvalue weighted by Crippen LogP contribution is -2.51. The van der Waals surface area contributed by atoms with Gasteiger partial charge in [-0.15, -0.1) is 0 Å². The minimum atomic E-state index is -4.05. The Balaban J connectivity index is 2.05. The number of nitrogens with one attached hydrogen (secondary N) is 2. The van der Waals surface area contributed by atoms with Crippen LogP contribution in [0.4, 0.5) is 10.5 Å². The summed E-state index contributed by atoms with van der Waals surface area (Å²) in [6.07, 6.45) is -0.598. The first-order valence-corrected chi connectivity index (χ1v) is 14.2. The number of halogens is 1. The lowest BCUT2D eigenvalue weighted by atomic mass is 9.99. The van der Waals surface area contributed by atoms with E-state index in [0.29, 0.717) is 5.02 Å². The lowest BCUT2D eigenvalue weighted by molar-refractivity contribution is 0.0369. The van der Waals surface area contributed by atoms with E-state index in [1.165, 1.54) is 35.2 Å². The van der Waals surface area contributed by atoms with Crippen molar-refractivity contribution < 1.29 is 27.9 Å². The third kappa shape index (κ3) is 6.89. The van der Waals surface area contributed by atoms with Gasteiger partial charge in [0, 0.05) is 30.6 Å². The number of ether oxygens (including phenoxy) is 1. The maximum atomic E-state index is 13.6. The summed E-state index contributed by atoms with van der Waals surface area (Å²) >= 11 is 5.91. The highest BCUT2D eigenvalue weighted by Gasteiger charge is 2.35. The van der Waals surface area contributed by atoms with E-state index in [-0.39, 0.29) is 59.6 Å². The maximum absolute atomic E-state index is 13.6.